The van der Waals surface area contributed by atoms with Crippen molar-refractivity contribution in [2.75, 3.05) is 14.2 Å². The number of hydrogen-bond donors (Lipinski definition) is 0. The molecule has 3 rings (SSSR count). The Morgan fingerprint density at radius 1 is 1.27 bits per heavy atom. The van der Waals surface area contributed by atoms with Crippen LogP contribution in [0.2, 0.25) is 0 Å². The summed E-state index contributed by atoms with van der Waals surface area (Å²) >= 11 is 3.40. The molecule has 3 aromatic rings. The molecule has 30 heavy (non-hydrogen) atoms. The Balaban J connectivity index is 1.86. The van der Waals surface area contributed by atoms with Gasteiger partial charge in [-0.1, -0.05) is 15.9 Å². The van der Waals surface area contributed by atoms with Crippen LogP contribution in [-0.2, 0) is 23.9 Å². The molecular weight excluding hydrogens is 467 g/mol. The van der Waals surface area contributed by atoms with Crippen LogP contribution in [0.3, 0.4) is 0 Å². The smallest absolute Gasteiger partial charge is 0.453 e. The Hall–Kier alpha value is -2.69. The zero-order valence-electron chi connectivity index (χ0n) is 16.7. The van der Waals surface area contributed by atoms with Crippen LogP contribution in [0.4, 0.5) is 13.2 Å². The van der Waals surface area contributed by atoms with Gasteiger partial charge in [0.1, 0.15) is 5.75 Å². The molecule has 11 heteroatoms. The molecule has 0 saturated heterocycles. The highest BCUT2D eigenvalue weighted by molar-refractivity contribution is 9.10. The van der Waals surface area contributed by atoms with Crippen LogP contribution in [0.5, 0.6) is 5.75 Å². The second-order valence-corrected chi connectivity index (χ2v) is 7.70. The van der Waals surface area contributed by atoms with Gasteiger partial charge >= 0.3 is 6.18 Å². The third-order valence-electron chi connectivity index (χ3n) is 4.71. The number of carbonyl (C=O) groups is 1. The molecule has 0 N–H and O–H groups in total. The minimum absolute atomic E-state index is 0.0331. The Labute approximate surface area is 179 Å². The number of fused-ring (bicyclic) bond motifs is 1. The molecule has 0 saturated carbocycles. The number of methoxy groups -OCH3 is 1. The fraction of sp³-hybridized carbons (Fsp3) is 0.368. The predicted octanol–water partition coefficient (Wildman–Crippen LogP) is 3.73. The van der Waals surface area contributed by atoms with E-state index in [1.807, 2.05) is 12.1 Å². The Bertz CT molecular complexity index is 1110. The van der Waals surface area contributed by atoms with Gasteiger partial charge in [-0.15, -0.1) is 5.10 Å². The Kier molecular flexibility index (Phi) is 6.02. The number of alkyl halides is 3. The van der Waals surface area contributed by atoms with E-state index in [0.717, 1.165) is 14.6 Å². The first-order valence-electron chi connectivity index (χ1n) is 8.87. The summed E-state index contributed by atoms with van der Waals surface area (Å²) in [7, 11) is 3.20. The lowest BCUT2D eigenvalue weighted by Gasteiger charge is -2.20. The number of hydrogen-bond acceptors (Lipinski definition) is 5. The number of nitrogens with zero attached hydrogens (tertiary/aromatic N) is 5. The lowest BCUT2D eigenvalue weighted by Crippen LogP contribution is -2.29. The van der Waals surface area contributed by atoms with Crippen molar-refractivity contribution >= 4 is 27.6 Å². The first-order chi connectivity index (χ1) is 14.0. The lowest BCUT2D eigenvalue weighted by atomic mass is 10.1. The number of benzene rings is 1. The maximum Gasteiger partial charge on any atom is 0.453 e. The molecule has 2 aromatic heterocycles. The van der Waals surface area contributed by atoms with Crippen molar-refractivity contribution in [3.63, 3.8) is 0 Å². The van der Waals surface area contributed by atoms with E-state index in [1.165, 1.54) is 4.90 Å². The van der Waals surface area contributed by atoms with E-state index in [9.17, 15) is 18.0 Å². The van der Waals surface area contributed by atoms with Crippen LogP contribution in [0.1, 0.15) is 28.3 Å². The van der Waals surface area contributed by atoms with Gasteiger partial charge in [0.25, 0.3) is 11.6 Å². The molecule has 0 radical (unpaired) electrons. The van der Waals surface area contributed by atoms with Crippen molar-refractivity contribution in [1.29, 1.82) is 0 Å². The van der Waals surface area contributed by atoms with Gasteiger partial charge in [-0.25, -0.2) is 9.50 Å². The summed E-state index contributed by atoms with van der Waals surface area (Å²) in [6.45, 7) is 3.53. The highest BCUT2D eigenvalue weighted by atomic mass is 79.9. The quantitative estimate of drug-likeness (QED) is 0.550. The fourth-order valence-corrected chi connectivity index (χ4v) is 3.49. The fourth-order valence-electron chi connectivity index (χ4n) is 3.08. The topological polar surface area (TPSA) is 72.6 Å². The third kappa shape index (κ3) is 4.40. The Morgan fingerprint density at radius 2 is 1.97 bits per heavy atom. The molecule has 1 amide bonds. The number of halogens is 4. The molecular formula is C19H19BrF3N5O2. The van der Waals surface area contributed by atoms with E-state index in [2.05, 4.69) is 31.0 Å². The van der Waals surface area contributed by atoms with Crippen LogP contribution in [0.25, 0.3) is 5.78 Å². The van der Waals surface area contributed by atoms with Gasteiger partial charge in [0.2, 0.25) is 5.91 Å². The minimum Gasteiger partial charge on any atom is -0.496 e. The normalized spacial score (nSPS) is 11.7. The number of rotatable bonds is 5. The molecule has 0 spiro atoms. The van der Waals surface area contributed by atoms with Crippen molar-refractivity contribution in [2.24, 2.45) is 0 Å². The molecule has 160 valence electrons. The van der Waals surface area contributed by atoms with E-state index < -0.39 is 12.0 Å². The molecule has 1 aromatic carbocycles. The van der Waals surface area contributed by atoms with Crippen LogP contribution < -0.4 is 4.74 Å². The van der Waals surface area contributed by atoms with Crippen LogP contribution in [0, 0.1) is 13.8 Å². The summed E-state index contributed by atoms with van der Waals surface area (Å²) in [5, 5.41) is 3.51. The van der Waals surface area contributed by atoms with Crippen molar-refractivity contribution in [3.05, 3.63) is 51.0 Å². The molecule has 0 fully saturated rings. The summed E-state index contributed by atoms with van der Waals surface area (Å²) in [4.78, 5) is 21.9. The lowest BCUT2D eigenvalue weighted by molar-refractivity contribution is -0.144. The van der Waals surface area contributed by atoms with Crippen LogP contribution in [-0.4, -0.2) is 44.5 Å². The largest absolute Gasteiger partial charge is 0.496 e. The van der Waals surface area contributed by atoms with Gasteiger partial charge in [-0.05, 0) is 32.0 Å². The molecule has 0 bridgehead atoms. The zero-order chi connectivity index (χ0) is 22.2. The van der Waals surface area contributed by atoms with Gasteiger partial charge in [-0.2, -0.15) is 18.2 Å². The maximum absolute atomic E-state index is 12.9. The first-order valence-corrected chi connectivity index (χ1v) is 9.67. The van der Waals surface area contributed by atoms with Crippen molar-refractivity contribution in [2.45, 2.75) is 33.0 Å². The van der Waals surface area contributed by atoms with Crippen LogP contribution >= 0.6 is 15.9 Å². The summed E-state index contributed by atoms with van der Waals surface area (Å²) in [5.41, 5.74) is 2.15. The number of carbonyl (C=O) groups excluding carboxylic acids is 1. The maximum atomic E-state index is 12.9. The number of ether oxygens (including phenoxy) is 1. The van der Waals surface area contributed by atoms with Gasteiger partial charge < -0.3 is 9.64 Å². The molecule has 0 aliphatic rings. The second kappa shape index (κ2) is 8.21. The number of amides is 1. The van der Waals surface area contributed by atoms with Crippen molar-refractivity contribution in [1.82, 2.24) is 24.5 Å². The molecule has 7 nitrogen and oxygen atoms in total. The second-order valence-electron chi connectivity index (χ2n) is 6.79. The number of likely N-dealkylation sites (N-methyl/N-ethyl adjacent to an activating group) is 1. The van der Waals surface area contributed by atoms with Gasteiger partial charge in [-0.3, -0.25) is 4.79 Å². The highest BCUT2D eigenvalue weighted by Crippen LogP contribution is 2.27. The van der Waals surface area contributed by atoms with Gasteiger partial charge in [0.05, 0.1) is 13.5 Å². The standard InChI is InChI=1S/C19H19BrF3N5O2/c1-10-14(11(2)28-18(24-10)25-17(26-28)19(21,22)23)8-16(29)27(3)9-12-7-13(20)5-6-15(12)30-4/h5-7H,8-9H2,1-4H3. The summed E-state index contributed by atoms with van der Waals surface area (Å²) < 4.78 is 46.0. The predicted molar refractivity (Wildman–Crippen MR) is 106 cm³/mol. The zero-order valence-corrected chi connectivity index (χ0v) is 18.3. The average molecular weight is 486 g/mol. The summed E-state index contributed by atoms with van der Waals surface area (Å²) in [6.07, 6.45) is -4.71. The first kappa shape index (κ1) is 22.0. The monoisotopic (exact) mass is 485 g/mol. The van der Waals surface area contributed by atoms with E-state index in [4.69, 9.17) is 4.74 Å². The van der Waals surface area contributed by atoms with Crippen molar-refractivity contribution in [3.8, 4) is 5.75 Å². The molecule has 0 aliphatic carbocycles. The van der Waals surface area contributed by atoms with E-state index in [1.54, 1.807) is 34.1 Å². The SMILES string of the molecule is COc1ccc(Br)cc1CN(C)C(=O)Cc1c(C)nc2nc(C(F)(F)F)nn2c1C. The average Bonchev–Trinajstić information content (AvgIpc) is 3.09. The Morgan fingerprint density at radius 3 is 2.60 bits per heavy atom. The van der Waals surface area contributed by atoms with Gasteiger partial charge in [0, 0.05) is 40.6 Å². The summed E-state index contributed by atoms with van der Waals surface area (Å²) in [6, 6.07) is 5.50. The highest BCUT2D eigenvalue weighted by Gasteiger charge is 2.37. The van der Waals surface area contributed by atoms with E-state index in [-0.39, 0.29) is 18.1 Å². The van der Waals surface area contributed by atoms with Gasteiger partial charge in [0.15, 0.2) is 0 Å². The molecule has 0 unspecified atom stereocenters. The number of aryl methyl sites for hydroxylation is 2. The van der Waals surface area contributed by atoms with Crippen molar-refractivity contribution < 1.29 is 22.7 Å². The molecule has 2 heterocycles. The molecule has 0 atom stereocenters. The molecule has 0 aliphatic heterocycles. The van der Waals surface area contributed by atoms with Crippen LogP contribution in [0.15, 0.2) is 22.7 Å². The van der Waals surface area contributed by atoms with E-state index in [0.29, 0.717) is 29.2 Å². The van der Waals surface area contributed by atoms with E-state index >= 15 is 0 Å². The number of aromatic nitrogens is 4. The third-order valence-corrected chi connectivity index (χ3v) is 5.20. The summed E-state index contributed by atoms with van der Waals surface area (Å²) in [5.74, 6) is -0.989. The minimum atomic E-state index is -4.67.